The number of nitrogens with zero attached hydrogens (tertiary/aromatic N) is 1. The highest BCUT2D eigenvalue weighted by Crippen LogP contribution is 2.41. The van der Waals surface area contributed by atoms with Crippen LogP contribution in [0.25, 0.3) is 0 Å². The van der Waals surface area contributed by atoms with Gasteiger partial charge in [0.2, 0.25) is 5.91 Å². The molecule has 1 rings (SSSR count). The smallest absolute Gasteiger partial charge is 0.241 e. The maximum atomic E-state index is 12.0. The third-order valence-corrected chi connectivity index (χ3v) is 5.41. The van der Waals surface area contributed by atoms with E-state index in [1.807, 2.05) is 13.8 Å². The third-order valence-electron chi connectivity index (χ3n) is 3.26. The lowest BCUT2D eigenvalue weighted by molar-refractivity contribution is -0.128. The molecule has 23 heavy (non-hydrogen) atoms. The lowest BCUT2D eigenvalue weighted by Crippen LogP contribution is -2.35. The first-order chi connectivity index (χ1) is 10.7. The first-order valence-corrected chi connectivity index (χ1v) is 9.59. The number of hydrogen-bond acceptors (Lipinski definition) is 5. The fourth-order valence-corrected chi connectivity index (χ4v) is 4.24. The number of likely N-dealkylation sites (N-methyl/N-ethyl adjacent to an activating group) is 1. The second-order valence-corrected chi connectivity index (χ2v) is 7.48. The summed E-state index contributed by atoms with van der Waals surface area (Å²) in [6, 6.07) is 1.47. The molecule has 0 aromatic heterocycles. The van der Waals surface area contributed by atoms with Gasteiger partial charge in [-0.2, -0.15) is 0 Å². The highest BCUT2D eigenvalue weighted by atomic mass is 35.5. The first-order valence-electron chi connectivity index (χ1n) is 6.94. The quantitative estimate of drug-likeness (QED) is 0.784. The fourth-order valence-electron chi connectivity index (χ4n) is 2.05. The van der Waals surface area contributed by atoms with Gasteiger partial charge in [0, 0.05) is 25.4 Å². The van der Waals surface area contributed by atoms with E-state index in [1.54, 1.807) is 4.90 Å². The lowest BCUT2D eigenvalue weighted by Gasteiger charge is -2.20. The number of carbonyl (C=O) groups excluding carboxylic acids is 1. The Balaban J connectivity index is 3.21. The van der Waals surface area contributed by atoms with Gasteiger partial charge in [-0.05, 0) is 13.8 Å². The van der Waals surface area contributed by atoms with Crippen molar-refractivity contribution < 1.29 is 17.9 Å². The van der Waals surface area contributed by atoms with Gasteiger partial charge in [0.25, 0.3) is 0 Å². The number of hydrogen-bond donors (Lipinski definition) is 1. The van der Waals surface area contributed by atoms with Gasteiger partial charge in [0.15, 0.2) is 9.84 Å². The van der Waals surface area contributed by atoms with Gasteiger partial charge in [-0.3, -0.25) is 4.79 Å². The zero-order valence-corrected chi connectivity index (χ0v) is 15.8. The monoisotopic (exact) mass is 382 g/mol. The maximum Gasteiger partial charge on any atom is 0.241 e. The van der Waals surface area contributed by atoms with Gasteiger partial charge in [-0.1, -0.05) is 23.2 Å². The highest BCUT2D eigenvalue weighted by Gasteiger charge is 2.24. The van der Waals surface area contributed by atoms with Crippen molar-refractivity contribution in [3.8, 4) is 5.75 Å². The molecule has 0 bridgehead atoms. The molecule has 1 aromatic rings. The predicted molar refractivity (Wildman–Crippen MR) is 92.5 cm³/mol. The summed E-state index contributed by atoms with van der Waals surface area (Å²) >= 11 is 12.2. The number of methoxy groups -OCH3 is 1. The molecule has 1 aromatic carbocycles. The molecular weight excluding hydrogens is 363 g/mol. The summed E-state index contributed by atoms with van der Waals surface area (Å²) < 4.78 is 28.9. The molecule has 6 nitrogen and oxygen atoms in total. The van der Waals surface area contributed by atoms with Gasteiger partial charge >= 0.3 is 0 Å². The highest BCUT2D eigenvalue weighted by molar-refractivity contribution is 7.91. The van der Waals surface area contributed by atoms with Crippen molar-refractivity contribution in [3.63, 3.8) is 0 Å². The second-order valence-electron chi connectivity index (χ2n) is 4.78. The summed E-state index contributed by atoms with van der Waals surface area (Å²) in [5.41, 5.74) is 0.272. The summed E-state index contributed by atoms with van der Waals surface area (Å²) in [5.74, 6) is 0.0372. The Morgan fingerprint density at radius 2 is 1.83 bits per heavy atom. The summed E-state index contributed by atoms with van der Waals surface area (Å²) in [4.78, 5) is 13.5. The van der Waals surface area contributed by atoms with E-state index in [4.69, 9.17) is 27.9 Å². The van der Waals surface area contributed by atoms with Crippen molar-refractivity contribution in [3.05, 3.63) is 16.1 Å². The number of anilines is 1. The summed E-state index contributed by atoms with van der Waals surface area (Å²) in [6.07, 6.45) is 1.00. The van der Waals surface area contributed by atoms with Crippen molar-refractivity contribution in [2.75, 3.05) is 38.3 Å². The topological polar surface area (TPSA) is 75.7 Å². The maximum absolute atomic E-state index is 12.0. The molecule has 0 aliphatic heterocycles. The molecule has 0 saturated carbocycles. The van der Waals surface area contributed by atoms with E-state index in [0.717, 1.165) is 6.26 Å². The van der Waals surface area contributed by atoms with Crippen LogP contribution in [0, 0.1) is 0 Å². The Bertz CT molecular complexity index is 689. The van der Waals surface area contributed by atoms with E-state index in [9.17, 15) is 13.2 Å². The van der Waals surface area contributed by atoms with Crippen LogP contribution in [-0.2, 0) is 14.6 Å². The number of sulfone groups is 1. The molecule has 0 fully saturated rings. The Hall–Kier alpha value is -1.18. The number of benzene rings is 1. The molecule has 0 aliphatic carbocycles. The van der Waals surface area contributed by atoms with E-state index in [0.29, 0.717) is 13.1 Å². The molecule has 1 N–H and O–H groups in total. The predicted octanol–water partition coefficient (Wildman–Crippen LogP) is 2.69. The Morgan fingerprint density at radius 3 is 2.26 bits per heavy atom. The average molecular weight is 383 g/mol. The van der Waals surface area contributed by atoms with Crippen LogP contribution in [0.4, 0.5) is 5.69 Å². The van der Waals surface area contributed by atoms with E-state index < -0.39 is 9.84 Å². The van der Waals surface area contributed by atoms with Crippen molar-refractivity contribution in [1.82, 2.24) is 4.90 Å². The molecule has 0 saturated heterocycles. The molecule has 1 amide bonds. The molecule has 9 heteroatoms. The molecule has 130 valence electrons. The van der Waals surface area contributed by atoms with E-state index >= 15 is 0 Å². The summed E-state index contributed by atoms with van der Waals surface area (Å²) in [6.45, 7) is 4.91. The molecule has 0 heterocycles. The van der Waals surface area contributed by atoms with Crippen molar-refractivity contribution in [2.45, 2.75) is 18.7 Å². The van der Waals surface area contributed by atoms with Crippen LogP contribution in [0.3, 0.4) is 0 Å². The molecule has 0 radical (unpaired) electrons. The zero-order chi connectivity index (χ0) is 17.8. The lowest BCUT2D eigenvalue weighted by atomic mass is 10.3. The largest absolute Gasteiger partial charge is 0.495 e. The number of nitrogens with one attached hydrogen (secondary N) is 1. The van der Waals surface area contributed by atoms with Crippen molar-refractivity contribution in [2.24, 2.45) is 0 Å². The SMILES string of the molecule is CCN(CC)C(=O)CNc1cc(OC)c(Cl)c(S(C)(=O)=O)c1Cl. The number of rotatable bonds is 7. The average Bonchev–Trinajstić information content (AvgIpc) is 2.46. The summed E-state index contributed by atoms with van der Waals surface area (Å²) in [5, 5.41) is 2.70. The first kappa shape index (κ1) is 19.9. The van der Waals surface area contributed by atoms with Crippen LogP contribution >= 0.6 is 23.2 Å². The fraction of sp³-hybridized carbons (Fsp3) is 0.500. The molecular formula is C14H20Cl2N2O4S. The van der Waals surface area contributed by atoms with E-state index in [2.05, 4.69) is 5.32 Å². The zero-order valence-electron chi connectivity index (χ0n) is 13.4. The second kappa shape index (κ2) is 8.08. The van der Waals surface area contributed by atoms with Gasteiger partial charge in [-0.25, -0.2) is 8.42 Å². The van der Waals surface area contributed by atoms with Crippen LogP contribution in [-0.4, -0.2) is 52.2 Å². The molecule has 0 atom stereocenters. The minimum atomic E-state index is -3.66. The Labute approximate surface area is 146 Å². The van der Waals surface area contributed by atoms with E-state index in [-0.39, 0.29) is 38.8 Å². The Morgan fingerprint density at radius 1 is 1.26 bits per heavy atom. The number of halogens is 2. The standard InChI is InChI=1S/C14H20Cl2N2O4S/c1-5-18(6-2)11(19)8-17-9-7-10(22-3)13(16)14(12(9)15)23(4,20)21/h7,17H,5-6,8H2,1-4H3. The van der Waals surface area contributed by atoms with Crippen molar-refractivity contribution in [1.29, 1.82) is 0 Å². The molecule has 0 unspecified atom stereocenters. The van der Waals surface area contributed by atoms with Crippen molar-refractivity contribution >= 4 is 44.6 Å². The van der Waals surface area contributed by atoms with Gasteiger partial charge < -0.3 is 15.0 Å². The minimum Gasteiger partial charge on any atom is -0.495 e. The number of ether oxygens (including phenoxy) is 1. The van der Waals surface area contributed by atoms with E-state index in [1.165, 1.54) is 13.2 Å². The molecule has 0 aliphatic rings. The van der Waals surface area contributed by atoms with Gasteiger partial charge in [0.05, 0.1) is 24.4 Å². The van der Waals surface area contributed by atoms with Gasteiger partial charge in [0.1, 0.15) is 15.7 Å². The number of amides is 1. The summed E-state index contributed by atoms with van der Waals surface area (Å²) in [7, 11) is -2.30. The van der Waals surface area contributed by atoms with Crippen LogP contribution in [0.2, 0.25) is 10.0 Å². The van der Waals surface area contributed by atoms with Gasteiger partial charge in [-0.15, -0.1) is 0 Å². The van der Waals surface area contributed by atoms with Crippen LogP contribution in [0.1, 0.15) is 13.8 Å². The van der Waals surface area contributed by atoms with Crippen LogP contribution in [0.15, 0.2) is 11.0 Å². The van der Waals surface area contributed by atoms with Crippen LogP contribution in [0.5, 0.6) is 5.75 Å². The van der Waals surface area contributed by atoms with Crippen LogP contribution < -0.4 is 10.1 Å². The number of carbonyl (C=O) groups is 1. The normalized spacial score (nSPS) is 11.2. The third kappa shape index (κ3) is 4.65. The molecule has 0 spiro atoms. The Kier molecular flexibility index (Phi) is 6.98. The minimum absolute atomic E-state index is 0.0185.